The van der Waals surface area contributed by atoms with Crippen LogP contribution in [0, 0.1) is 11.8 Å². The van der Waals surface area contributed by atoms with Crippen LogP contribution in [0.2, 0.25) is 0 Å². The first-order chi connectivity index (χ1) is 5.59. The summed E-state index contributed by atoms with van der Waals surface area (Å²) in [5.41, 5.74) is 0. The first-order valence-corrected chi connectivity index (χ1v) is 5.67. The summed E-state index contributed by atoms with van der Waals surface area (Å²) in [5, 5.41) is 9.24. The van der Waals surface area contributed by atoms with Crippen molar-refractivity contribution in [3.63, 3.8) is 0 Å². The fourth-order valence-electron chi connectivity index (χ4n) is 2.90. The van der Waals surface area contributed by atoms with Crippen molar-refractivity contribution in [3.05, 3.63) is 0 Å². The Morgan fingerprint density at radius 2 is 2.08 bits per heavy atom. The van der Waals surface area contributed by atoms with Crippen LogP contribution in [0.25, 0.3) is 0 Å². The van der Waals surface area contributed by atoms with Gasteiger partial charge in [-0.3, -0.25) is 4.18 Å². The lowest BCUT2D eigenvalue weighted by Crippen LogP contribution is -2.33. The van der Waals surface area contributed by atoms with Gasteiger partial charge in [-0.25, -0.2) is 0 Å². The third-order valence-corrected chi connectivity index (χ3v) is 5.22. The van der Waals surface area contributed by atoms with Gasteiger partial charge < -0.3 is 5.11 Å². The van der Waals surface area contributed by atoms with E-state index in [2.05, 4.69) is 0 Å². The maximum Gasteiger partial charge on any atom is 0.270 e. The minimum absolute atomic E-state index is 0.0787. The maximum atomic E-state index is 11.3. The molecule has 1 heterocycles. The molecule has 3 fully saturated rings. The second kappa shape index (κ2) is 1.86. The molecule has 1 N–H and O–H groups in total. The molecule has 68 valence electrons. The molecule has 0 aromatic carbocycles. The Morgan fingerprint density at radius 1 is 1.33 bits per heavy atom. The van der Waals surface area contributed by atoms with E-state index < -0.39 is 22.3 Å². The number of fused-ring (bicyclic) bond motifs is 1. The molecule has 0 spiro atoms. The highest BCUT2D eigenvalue weighted by atomic mass is 32.2. The van der Waals surface area contributed by atoms with Crippen molar-refractivity contribution >= 4 is 10.1 Å². The zero-order valence-electron chi connectivity index (χ0n) is 6.38. The molecule has 5 unspecified atom stereocenters. The van der Waals surface area contributed by atoms with Crippen molar-refractivity contribution in [2.24, 2.45) is 11.8 Å². The molecule has 0 aromatic rings. The Hall–Kier alpha value is -0.130. The highest BCUT2D eigenvalue weighted by Crippen LogP contribution is 2.54. The van der Waals surface area contributed by atoms with E-state index in [-0.39, 0.29) is 17.1 Å². The van der Waals surface area contributed by atoms with Gasteiger partial charge in [0, 0.05) is 5.92 Å². The molecule has 12 heavy (non-hydrogen) atoms. The monoisotopic (exact) mass is 190 g/mol. The second-order valence-electron chi connectivity index (χ2n) is 3.98. The van der Waals surface area contributed by atoms with Gasteiger partial charge >= 0.3 is 0 Å². The van der Waals surface area contributed by atoms with E-state index in [1.165, 1.54) is 0 Å². The van der Waals surface area contributed by atoms with Crippen LogP contribution in [0.1, 0.15) is 12.8 Å². The van der Waals surface area contributed by atoms with Gasteiger partial charge in [-0.2, -0.15) is 8.42 Å². The highest BCUT2D eigenvalue weighted by Gasteiger charge is 2.63. The molecule has 2 bridgehead atoms. The average molecular weight is 190 g/mol. The molecule has 0 radical (unpaired) electrons. The molecule has 0 amide bonds. The van der Waals surface area contributed by atoms with Gasteiger partial charge in [-0.05, 0) is 18.8 Å². The van der Waals surface area contributed by atoms with E-state index >= 15 is 0 Å². The first-order valence-electron chi connectivity index (χ1n) is 4.20. The molecule has 5 atom stereocenters. The van der Waals surface area contributed by atoms with E-state index in [0.717, 1.165) is 6.42 Å². The number of hydrogen-bond donors (Lipinski definition) is 1. The van der Waals surface area contributed by atoms with Gasteiger partial charge in [0.1, 0.15) is 6.10 Å². The van der Waals surface area contributed by atoms with Gasteiger partial charge in [0.15, 0.2) is 0 Å². The average Bonchev–Trinajstić information content (AvgIpc) is 2.54. The number of aliphatic hydroxyl groups is 1. The van der Waals surface area contributed by atoms with Gasteiger partial charge in [0.05, 0.1) is 11.4 Å². The predicted molar refractivity (Wildman–Crippen MR) is 39.8 cm³/mol. The van der Waals surface area contributed by atoms with Crippen LogP contribution in [0.3, 0.4) is 0 Å². The van der Waals surface area contributed by atoms with Crippen molar-refractivity contribution in [1.29, 1.82) is 0 Å². The van der Waals surface area contributed by atoms with E-state index in [1.54, 1.807) is 0 Å². The van der Waals surface area contributed by atoms with Crippen LogP contribution >= 0.6 is 0 Å². The van der Waals surface area contributed by atoms with Crippen LogP contribution in [-0.4, -0.2) is 31.0 Å². The van der Waals surface area contributed by atoms with E-state index in [4.69, 9.17) is 4.18 Å². The standard InChI is InChI=1S/C7H10O4S/c8-6-3-1-4-5(2-3)12(9,10)11-7(4)6/h3-8H,1-2H2. The molecule has 4 nitrogen and oxygen atoms in total. The topological polar surface area (TPSA) is 63.6 Å². The largest absolute Gasteiger partial charge is 0.390 e. The fourth-order valence-corrected chi connectivity index (χ4v) is 4.79. The summed E-state index contributed by atoms with van der Waals surface area (Å²) in [5.74, 6) is 0.247. The van der Waals surface area contributed by atoms with E-state index in [1.807, 2.05) is 0 Å². The van der Waals surface area contributed by atoms with Crippen LogP contribution < -0.4 is 0 Å². The normalized spacial score (nSPS) is 59.6. The first kappa shape index (κ1) is 7.29. The lowest BCUT2D eigenvalue weighted by Gasteiger charge is -2.18. The maximum absolute atomic E-state index is 11.3. The molecule has 1 saturated heterocycles. The number of rotatable bonds is 0. The Labute approximate surface area is 70.7 Å². The van der Waals surface area contributed by atoms with Crippen molar-refractivity contribution in [2.45, 2.75) is 30.3 Å². The van der Waals surface area contributed by atoms with Crippen LogP contribution in [0.15, 0.2) is 0 Å². The molecule has 5 heteroatoms. The minimum atomic E-state index is -3.32. The molecule has 1 aliphatic heterocycles. The smallest absolute Gasteiger partial charge is 0.270 e. The van der Waals surface area contributed by atoms with Crippen LogP contribution in [-0.2, 0) is 14.3 Å². The van der Waals surface area contributed by atoms with Gasteiger partial charge in [0.2, 0.25) is 0 Å². The van der Waals surface area contributed by atoms with Gasteiger partial charge in [-0.1, -0.05) is 0 Å². The summed E-state index contributed by atoms with van der Waals surface area (Å²) >= 11 is 0. The lowest BCUT2D eigenvalue weighted by molar-refractivity contribution is 0.0253. The third-order valence-electron chi connectivity index (χ3n) is 3.45. The summed E-state index contributed by atoms with van der Waals surface area (Å²) in [7, 11) is -3.32. The minimum Gasteiger partial charge on any atom is -0.390 e. The number of aliphatic hydroxyl groups excluding tert-OH is 1. The van der Waals surface area contributed by atoms with Crippen molar-refractivity contribution < 1.29 is 17.7 Å². The van der Waals surface area contributed by atoms with Crippen LogP contribution in [0.5, 0.6) is 0 Å². The van der Waals surface area contributed by atoms with Crippen LogP contribution in [0.4, 0.5) is 0 Å². The Balaban J connectivity index is 2.11. The summed E-state index contributed by atoms with van der Waals surface area (Å²) in [4.78, 5) is 0. The van der Waals surface area contributed by atoms with Crippen molar-refractivity contribution in [1.82, 2.24) is 0 Å². The second-order valence-corrected chi connectivity index (χ2v) is 5.76. The Morgan fingerprint density at radius 3 is 2.67 bits per heavy atom. The quantitative estimate of drug-likeness (QED) is 0.522. The van der Waals surface area contributed by atoms with Crippen molar-refractivity contribution in [2.75, 3.05) is 0 Å². The molecule has 2 aliphatic carbocycles. The zero-order chi connectivity index (χ0) is 8.51. The zero-order valence-corrected chi connectivity index (χ0v) is 7.20. The molecule has 3 aliphatic rings. The molecule has 0 aromatic heterocycles. The molecule has 3 rings (SSSR count). The van der Waals surface area contributed by atoms with E-state index in [9.17, 15) is 13.5 Å². The summed E-state index contributed by atoms with van der Waals surface area (Å²) in [6, 6.07) is 0. The Bertz CT molecular complexity index is 322. The summed E-state index contributed by atoms with van der Waals surface area (Å²) in [6.07, 6.45) is 0.475. The number of hydrogen-bond acceptors (Lipinski definition) is 4. The van der Waals surface area contributed by atoms with E-state index in [0.29, 0.717) is 6.42 Å². The molecule has 2 saturated carbocycles. The SMILES string of the molecule is O=S1(=O)OC2C(O)C3CC2C1C3. The predicted octanol–water partition coefficient (Wildman–Crippen LogP) is -0.516. The van der Waals surface area contributed by atoms with Crippen molar-refractivity contribution in [3.8, 4) is 0 Å². The summed E-state index contributed by atoms with van der Waals surface area (Å²) < 4.78 is 27.4. The molecular formula is C7H10O4S. The third kappa shape index (κ3) is 0.639. The molecular weight excluding hydrogens is 180 g/mol. The highest BCUT2D eigenvalue weighted by molar-refractivity contribution is 7.87. The lowest BCUT2D eigenvalue weighted by atomic mass is 9.95. The van der Waals surface area contributed by atoms with Gasteiger partial charge in [-0.15, -0.1) is 0 Å². The van der Waals surface area contributed by atoms with Gasteiger partial charge in [0.25, 0.3) is 10.1 Å². The Kier molecular flexibility index (Phi) is 1.13. The fraction of sp³-hybridized carbons (Fsp3) is 1.00. The summed E-state index contributed by atoms with van der Waals surface area (Å²) in [6.45, 7) is 0.